The Kier molecular flexibility index (Phi) is 3.66. The van der Waals surface area contributed by atoms with Crippen molar-refractivity contribution in [1.29, 1.82) is 0 Å². The maximum Gasteiger partial charge on any atom is 0.257 e. The van der Waals surface area contributed by atoms with Gasteiger partial charge in [0.1, 0.15) is 5.75 Å². The molecule has 0 spiro atoms. The number of nitrogens with zero attached hydrogens (tertiary/aromatic N) is 1. The van der Waals surface area contributed by atoms with Crippen LogP contribution in [0.2, 0.25) is 0 Å². The zero-order chi connectivity index (χ0) is 13.8. The number of pyridine rings is 1. The van der Waals surface area contributed by atoms with E-state index in [2.05, 4.69) is 10.3 Å². The van der Waals surface area contributed by atoms with E-state index in [1.54, 1.807) is 30.3 Å². The highest BCUT2D eigenvalue weighted by molar-refractivity contribution is 6.04. The van der Waals surface area contributed by atoms with Gasteiger partial charge in [0.05, 0.1) is 18.4 Å². The van der Waals surface area contributed by atoms with E-state index in [-0.39, 0.29) is 5.91 Å². The number of hydrogen-bond donors (Lipinski definition) is 2. The maximum absolute atomic E-state index is 12.0. The summed E-state index contributed by atoms with van der Waals surface area (Å²) in [5.41, 5.74) is 8.16. The summed E-state index contributed by atoms with van der Waals surface area (Å²) >= 11 is 0. The summed E-state index contributed by atoms with van der Waals surface area (Å²) in [5, 5.41) is 2.76. The molecule has 0 fully saturated rings. The number of nitrogens with one attached hydrogen (secondary N) is 1. The number of hydrogen-bond acceptors (Lipinski definition) is 4. The van der Waals surface area contributed by atoms with Gasteiger partial charge in [-0.2, -0.15) is 0 Å². The molecule has 98 valence electrons. The van der Waals surface area contributed by atoms with E-state index in [0.29, 0.717) is 22.7 Å². The quantitative estimate of drug-likeness (QED) is 0.827. The first-order valence-corrected chi connectivity index (χ1v) is 5.77. The largest absolute Gasteiger partial charge is 0.494 e. The van der Waals surface area contributed by atoms with Gasteiger partial charge in [0.15, 0.2) is 0 Å². The van der Waals surface area contributed by atoms with Crippen LogP contribution >= 0.6 is 0 Å². The molecular weight excluding hydrogens is 242 g/mol. The fraction of sp³-hybridized carbons (Fsp3) is 0.143. The lowest BCUT2D eigenvalue weighted by Crippen LogP contribution is -2.13. The number of amides is 1. The lowest BCUT2D eigenvalue weighted by Gasteiger charge is -2.10. The second-order valence-corrected chi connectivity index (χ2v) is 4.10. The van der Waals surface area contributed by atoms with Crippen molar-refractivity contribution in [2.24, 2.45) is 0 Å². The van der Waals surface area contributed by atoms with Crippen molar-refractivity contribution in [2.45, 2.75) is 6.92 Å². The number of methoxy groups -OCH3 is 1. The minimum Gasteiger partial charge on any atom is -0.494 e. The van der Waals surface area contributed by atoms with E-state index in [9.17, 15) is 4.79 Å². The Labute approximate surface area is 111 Å². The standard InChI is InChI=1S/C14H15N3O2/c1-9-3-4-10(8-16-9)14(18)17-12-6-5-11(15)7-13(12)19-2/h3-8H,15H2,1-2H3,(H,17,18). The lowest BCUT2D eigenvalue weighted by atomic mass is 10.2. The number of aryl methyl sites for hydroxylation is 1. The lowest BCUT2D eigenvalue weighted by molar-refractivity contribution is 0.102. The van der Waals surface area contributed by atoms with Gasteiger partial charge in [-0.3, -0.25) is 9.78 Å². The van der Waals surface area contributed by atoms with Gasteiger partial charge in [-0.25, -0.2) is 0 Å². The van der Waals surface area contributed by atoms with Gasteiger partial charge in [-0.1, -0.05) is 0 Å². The molecule has 2 rings (SSSR count). The number of anilines is 2. The third-order valence-corrected chi connectivity index (χ3v) is 2.65. The summed E-state index contributed by atoms with van der Waals surface area (Å²) in [5.74, 6) is 0.281. The van der Waals surface area contributed by atoms with Crippen LogP contribution in [0, 0.1) is 6.92 Å². The first-order chi connectivity index (χ1) is 9.10. The van der Waals surface area contributed by atoms with Crippen LogP contribution < -0.4 is 15.8 Å². The number of rotatable bonds is 3. The molecule has 0 saturated heterocycles. The second kappa shape index (κ2) is 5.39. The Morgan fingerprint density at radius 1 is 1.32 bits per heavy atom. The van der Waals surface area contributed by atoms with Crippen molar-refractivity contribution in [1.82, 2.24) is 4.98 Å². The van der Waals surface area contributed by atoms with Crippen LogP contribution in [0.15, 0.2) is 36.5 Å². The average molecular weight is 257 g/mol. The van der Waals surface area contributed by atoms with Crippen LogP contribution in [0.4, 0.5) is 11.4 Å². The van der Waals surface area contributed by atoms with E-state index in [1.807, 2.05) is 6.92 Å². The molecule has 5 nitrogen and oxygen atoms in total. The molecular formula is C14H15N3O2. The van der Waals surface area contributed by atoms with E-state index >= 15 is 0 Å². The minimum atomic E-state index is -0.240. The number of benzene rings is 1. The molecule has 19 heavy (non-hydrogen) atoms. The molecule has 0 unspecified atom stereocenters. The monoisotopic (exact) mass is 257 g/mol. The molecule has 2 aromatic rings. The highest BCUT2D eigenvalue weighted by Crippen LogP contribution is 2.26. The van der Waals surface area contributed by atoms with Crippen LogP contribution in [0.25, 0.3) is 0 Å². The highest BCUT2D eigenvalue weighted by atomic mass is 16.5. The zero-order valence-corrected chi connectivity index (χ0v) is 10.8. The van der Waals surface area contributed by atoms with Crippen molar-refractivity contribution in [3.8, 4) is 5.75 Å². The van der Waals surface area contributed by atoms with E-state index in [4.69, 9.17) is 10.5 Å². The summed E-state index contributed by atoms with van der Waals surface area (Å²) in [4.78, 5) is 16.1. The summed E-state index contributed by atoms with van der Waals surface area (Å²) in [6.07, 6.45) is 1.54. The predicted octanol–water partition coefficient (Wildman–Crippen LogP) is 2.23. The molecule has 0 radical (unpaired) electrons. The Balaban J connectivity index is 2.21. The van der Waals surface area contributed by atoms with Crippen LogP contribution in [0.5, 0.6) is 5.75 Å². The van der Waals surface area contributed by atoms with Gasteiger partial charge in [0.2, 0.25) is 0 Å². The van der Waals surface area contributed by atoms with Gasteiger partial charge in [0.25, 0.3) is 5.91 Å². The molecule has 0 aliphatic carbocycles. The summed E-state index contributed by atoms with van der Waals surface area (Å²) in [6, 6.07) is 8.57. The van der Waals surface area contributed by atoms with Crippen molar-refractivity contribution in [3.63, 3.8) is 0 Å². The smallest absolute Gasteiger partial charge is 0.257 e. The molecule has 0 aliphatic rings. The second-order valence-electron chi connectivity index (χ2n) is 4.10. The molecule has 1 amide bonds. The normalized spacial score (nSPS) is 10.0. The third-order valence-electron chi connectivity index (χ3n) is 2.65. The first-order valence-electron chi connectivity index (χ1n) is 5.77. The number of nitrogen functional groups attached to an aromatic ring is 1. The molecule has 0 atom stereocenters. The van der Waals surface area contributed by atoms with Crippen LogP contribution in [-0.2, 0) is 0 Å². The third kappa shape index (κ3) is 3.01. The van der Waals surface area contributed by atoms with Gasteiger partial charge >= 0.3 is 0 Å². The van der Waals surface area contributed by atoms with Crippen molar-refractivity contribution in [3.05, 3.63) is 47.8 Å². The summed E-state index contributed by atoms with van der Waals surface area (Å²) < 4.78 is 5.17. The van der Waals surface area contributed by atoms with E-state index in [0.717, 1.165) is 5.69 Å². The van der Waals surface area contributed by atoms with E-state index in [1.165, 1.54) is 13.3 Å². The predicted molar refractivity (Wildman–Crippen MR) is 74.3 cm³/mol. The topological polar surface area (TPSA) is 77.2 Å². The average Bonchev–Trinajstić information content (AvgIpc) is 2.41. The Hall–Kier alpha value is -2.56. The van der Waals surface area contributed by atoms with Gasteiger partial charge in [-0.15, -0.1) is 0 Å². The number of carbonyl (C=O) groups is 1. The maximum atomic E-state index is 12.0. The highest BCUT2D eigenvalue weighted by Gasteiger charge is 2.10. The van der Waals surface area contributed by atoms with Crippen molar-refractivity contribution in [2.75, 3.05) is 18.2 Å². The Morgan fingerprint density at radius 3 is 2.74 bits per heavy atom. The summed E-state index contributed by atoms with van der Waals surface area (Å²) in [7, 11) is 1.53. The molecule has 5 heteroatoms. The van der Waals surface area contributed by atoms with Crippen LogP contribution in [-0.4, -0.2) is 18.0 Å². The van der Waals surface area contributed by atoms with Crippen LogP contribution in [0.1, 0.15) is 16.1 Å². The fourth-order valence-corrected chi connectivity index (χ4v) is 1.61. The SMILES string of the molecule is COc1cc(N)ccc1NC(=O)c1ccc(C)nc1. The number of aromatic nitrogens is 1. The molecule has 1 aromatic carbocycles. The number of ether oxygens (including phenoxy) is 1. The number of carbonyl (C=O) groups excluding carboxylic acids is 1. The van der Waals surface area contributed by atoms with Crippen molar-refractivity contribution >= 4 is 17.3 Å². The van der Waals surface area contributed by atoms with Crippen LogP contribution in [0.3, 0.4) is 0 Å². The molecule has 0 bridgehead atoms. The number of nitrogens with two attached hydrogens (primary N) is 1. The van der Waals surface area contributed by atoms with E-state index < -0.39 is 0 Å². The Bertz CT molecular complexity index is 594. The molecule has 0 saturated carbocycles. The molecule has 1 aromatic heterocycles. The van der Waals surface area contributed by atoms with Gasteiger partial charge < -0.3 is 15.8 Å². The van der Waals surface area contributed by atoms with Gasteiger partial charge in [-0.05, 0) is 31.2 Å². The zero-order valence-electron chi connectivity index (χ0n) is 10.8. The minimum absolute atomic E-state index is 0.240. The first kappa shape index (κ1) is 12.9. The van der Waals surface area contributed by atoms with Crippen molar-refractivity contribution < 1.29 is 9.53 Å². The van der Waals surface area contributed by atoms with Gasteiger partial charge in [0, 0.05) is 23.6 Å². The fourth-order valence-electron chi connectivity index (χ4n) is 1.61. The molecule has 3 N–H and O–H groups in total. The molecule has 1 heterocycles. The Morgan fingerprint density at radius 2 is 2.11 bits per heavy atom. The molecule has 0 aliphatic heterocycles. The summed E-state index contributed by atoms with van der Waals surface area (Å²) in [6.45, 7) is 1.87.